The minimum absolute atomic E-state index is 0.144. The Bertz CT molecular complexity index is 601. The van der Waals surface area contributed by atoms with Gasteiger partial charge in [0.05, 0.1) is 5.54 Å². The van der Waals surface area contributed by atoms with Crippen molar-refractivity contribution in [2.24, 2.45) is 0 Å². The van der Waals surface area contributed by atoms with E-state index in [0.717, 1.165) is 18.5 Å². The number of para-hydroxylation sites is 1. The van der Waals surface area contributed by atoms with Crippen LogP contribution in [0.15, 0.2) is 54.6 Å². The van der Waals surface area contributed by atoms with E-state index in [4.69, 9.17) is 0 Å². The number of urea groups is 1. The van der Waals surface area contributed by atoms with Crippen molar-refractivity contribution in [2.45, 2.75) is 25.3 Å². The Labute approximate surface area is 119 Å². The molecule has 0 bridgehead atoms. The summed E-state index contributed by atoms with van der Waals surface area (Å²) in [5, 5.41) is 5.97. The molecule has 2 aromatic carbocycles. The second-order valence-electron chi connectivity index (χ2n) is 5.39. The molecular formula is C17H18N2O. The van der Waals surface area contributed by atoms with Gasteiger partial charge in [-0.2, -0.15) is 0 Å². The lowest BCUT2D eigenvalue weighted by molar-refractivity contribution is 0.247. The van der Waals surface area contributed by atoms with E-state index in [-0.39, 0.29) is 11.6 Å². The second-order valence-corrected chi connectivity index (χ2v) is 5.39. The van der Waals surface area contributed by atoms with E-state index in [1.807, 2.05) is 30.3 Å². The minimum atomic E-state index is -0.174. The van der Waals surface area contributed by atoms with Gasteiger partial charge in [0.15, 0.2) is 0 Å². The number of anilines is 1. The summed E-state index contributed by atoms with van der Waals surface area (Å²) in [5.74, 6) is 0. The zero-order valence-corrected chi connectivity index (χ0v) is 11.5. The molecule has 0 atom stereocenters. The standard InChI is InChI=1S/C17H18N2O/c1-13-7-9-14(10-8-13)17(11-12-17)19-16(20)18-15-5-3-2-4-6-15/h2-10H,11-12H2,1H3,(H2,18,19,20). The monoisotopic (exact) mass is 266 g/mol. The van der Waals surface area contributed by atoms with Crippen LogP contribution >= 0.6 is 0 Å². The van der Waals surface area contributed by atoms with Crippen LogP contribution in [0.25, 0.3) is 0 Å². The van der Waals surface area contributed by atoms with Crippen LogP contribution in [-0.4, -0.2) is 6.03 Å². The van der Waals surface area contributed by atoms with Gasteiger partial charge in [0.1, 0.15) is 0 Å². The van der Waals surface area contributed by atoms with Crippen molar-refractivity contribution in [3.63, 3.8) is 0 Å². The topological polar surface area (TPSA) is 41.1 Å². The first-order valence-corrected chi connectivity index (χ1v) is 6.89. The fraction of sp³-hybridized carbons (Fsp3) is 0.235. The molecule has 3 nitrogen and oxygen atoms in total. The van der Waals surface area contributed by atoms with E-state index in [2.05, 4.69) is 41.8 Å². The highest BCUT2D eigenvalue weighted by molar-refractivity contribution is 5.90. The van der Waals surface area contributed by atoms with E-state index < -0.39 is 0 Å². The fourth-order valence-electron chi connectivity index (χ4n) is 2.38. The van der Waals surface area contributed by atoms with Gasteiger partial charge in [0, 0.05) is 5.69 Å². The van der Waals surface area contributed by atoms with Gasteiger partial charge in [-0.05, 0) is 37.5 Å². The number of nitrogens with one attached hydrogen (secondary N) is 2. The van der Waals surface area contributed by atoms with Crippen molar-refractivity contribution in [3.05, 3.63) is 65.7 Å². The van der Waals surface area contributed by atoms with Crippen molar-refractivity contribution >= 4 is 11.7 Å². The first kappa shape index (κ1) is 12.7. The lowest BCUT2D eigenvalue weighted by Gasteiger charge is -2.18. The molecule has 20 heavy (non-hydrogen) atoms. The first-order valence-electron chi connectivity index (χ1n) is 6.89. The summed E-state index contributed by atoms with van der Waals surface area (Å²) in [6, 6.07) is 17.7. The van der Waals surface area contributed by atoms with Gasteiger partial charge < -0.3 is 10.6 Å². The summed E-state index contributed by atoms with van der Waals surface area (Å²) in [4.78, 5) is 12.1. The van der Waals surface area contributed by atoms with Crippen molar-refractivity contribution in [1.29, 1.82) is 0 Å². The molecule has 102 valence electrons. The van der Waals surface area contributed by atoms with E-state index in [0.29, 0.717) is 0 Å². The number of aryl methyl sites for hydroxylation is 1. The van der Waals surface area contributed by atoms with Crippen molar-refractivity contribution in [3.8, 4) is 0 Å². The average molecular weight is 266 g/mol. The average Bonchev–Trinajstić information content (AvgIpc) is 3.21. The number of hydrogen-bond acceptors (Lipinski definition) is 1. The Morgan fingerprint density at radius 3 is 2.25 bits per heavy atom. The number of rotatable bonds is 3. The number of amides is 2. The lowest BCUT2D eigenvalue weighted by Crippen LogP contribution is -2.38. The highest BCUT2D eigenvalue weighted by atomic mass is 16.2. The third kappa shape index (κ3) is 2.67. The number of hydrogen-bond donors (Lipinski definition) is 2. The fourth-order valence-corrected chi connectivity index (χ4v) is 2.38. The molecule has 1 saturated carbocycles. The van der Waals surface area contributed by atoms with Gasteiger partial charge in [-0.15, -0.1) is 0 Å². The van der Waals surface area contributed by atoms with Crippen LogP contribution in [0.2, 0.25) is 0 Å². The quantitative estimate of drug-likeness (QED) is 0.871. The lowest BCUT2D eigenvalue weighted by atomic mass is 10.0. The molecule has 3 rings (SSSR count). The smallest absolute Gasteiger partial charge is 0.319 e. The Morgan fingerprint density at radius 2 is 1.65 bits per heavy atom. The first-order chi connectivity index (χ1) is 9.68. The Hall–Kier alpha value is -2.29. The van der Waals surface area contributed by atoms with Crippen LogP contribution in [0.1, 0.15) is 24.0 Å². The Balaban J connectivity index is 1.68. The predicted molar refractivity (Wildman–Crippen MR) is 80.7 cm³/mol. The molecule has 0 spiro atoms. The van der Waals surface area contributed by atoms with Gasteiger partial charge in [-0.25, -0.2) is 4.79 Å². The van der Waals surface area contributed by atoms with Gasteiger partial charge >= 0.3 is 6.03 Å². The highest BCUT2D eigenvalue weighted by Gasteiger charge is 2.45. The van der Waals surface area contributed by atoms with Gasteiger partial charge in [0.2, 0.25) is 0 Å². The summed E-state index contributed by atoms with van der Waals surface area (Å²) in [5.41, 5.74) is 3.06. The van der Waals surface area contributed by atoms with E-state index in [9.17, 15) is 4.79 Å². The van der Waals surface area contributed by atoms with Crippen LogP contribution < -0.4 is 10.6 Å². The summed E-state index contributed by atoms with van der Waals surface area (Å²) in [7, 11) is 0. The summed E-state index contributed by atoms with van der Waals surface area (Å²) in [6.07, 6.45) is 2.00. The summed E-state index contributed by atoms with van der Waals surface area (Å²) < 4.78 is 0. The van der Waals surface area contributed by atoms with E-state index in [1.54, 1.807) is 0 Å². The zero-order chi connectivity index (χ0) is 14.0. The van der Waals surface area contributed by atoms with Gasteiger partial charge in [-0.1, -0.05) is 48.0 Å². The molecule has 1 aliphatic carbocycles. The molecule has 2 aromatic rings. The molecule has 0 aliphatic heterocycles. The normalized spacial score (nSPS) is 15.4. The maximum Gasteiger partial charge on any atom is 0.319 e. The van der Waals surface area contributed by atoms with Crippen molar-refractivity contribution in [1.82, 2.24) is 5.32 Å². The molecule has 0 saturated heterocycles. The van der Waals surface area contributed by atoms with Crippen LogP contribution in [0.5, 0.6) is 0 Å². The molecule has 2 amide bonds. The van der Waals surface area contributed by atoms with Crippen LogP contribution in [0.4, 0.5) is 10.5 Å². The minimum Gasteiger partial charge on any atom is -0.328 e. The van der Waals surface area contributed by atoms with Crippen LogP contribution in [0.3, 0.4) is 0 Å². The Morgan fingerprint density at radius 1 is 1.00 bits per heavy atom. The maximum atomic E-state index is 12.1. The predicted octanol–water partition coefficient (Wildman–Crippen LogP) is 3.81. The maximum absolute atomic E-state index is 12.1. The van der Waals surface area contributed by atoms with E-state index in [1.165, 1.54) is 11.1 Å². The van der Waals surface area contributed by atoms with Crippen LogP contribution in [0, 0.1) is 6.92 Å². The zero-order valence-electron chi connectivity index (χ0n) is 11.5. The molecule has 1 aliphatic rings. The molecule has 0 aromatic heterocycles. The largest absolute Gasteiger partial charge is 0.328 e. The second kappa shape index (κ2) is 5.00. The SMILES string of the molecule is Cc1ccc(C2(NC(=O)Nc3ccccc3)CC2)cc1. The number of benzene rings is 2. The third-order valence-electron chi connectivity index (χ3n) is 3.74. The van der Waals surface area contributed by atoms with Crippen LogP contribution in [-0.2, 0) is 5.54 Å². The molecule has 0 unspecified atom stereocenters. The number of carbonyl (C=O) groups excluding carboxylic acids is 1. The summed E-state index contributed by atoms with van der Waals surface area (Å²) in [6.45, 7) is 2.07. The number of carbonyl (C=O) groups is 1. The Kier molecular flexibility index (Phi) is 3.18. The van der Waals surface area contributed by atoms with Crippen molar-refractivity contribution < 1.29 is 4.79 Å². The molecule has 0 heterocycles. The molecule has 0 radical (unpaired) electrons. The third-order valence-corrected chi connectivity index (χ3v) is 3.74. The summed E-state index contributed by atoms with van der Waals surface area (Å²) >= 11 is 0. The molecule has 2 N–H and O–H groups in total. The highest BCUT2D eigenvalue weighted by Crippen LogP contribution is 2.45. The van der Waals surface area contributed by atoms with E-state index >= 15 is 0 Å². The molecular weight excluding hydrogens is 248 g/mol. The molecule has 1 fully saturated rings. The molecule has 3 heteroatoms. The van der Waals surface area contributed by atoms with Crippen molar-refractivity contribution in [2.75, 3.05) is 5.32 Å². The van der Waals surface area contributed by atoms with Gasteiger partial charge in [0.25, 0.3) is 0 Å². The van der Waals surface area contributed by atoms with Gasteiger partial charge in [-0.3, -0.25) is 0 Å².